The van der Waals surface area contributed by atoms with Crippen molar-refractivity contribution in [1.82, 2.24) is 16.0 Å². The topological polar surface area (TPSA) is 160 Å². The molecule has 11 nitrogen and oxygen atoms in total. The molecule has 2 aromatic rings. The second-order valence-corrected chi connectivity index (χ2v) is 7.97. The van der Waals surface area contributed by atoms with Gasteiger partial charge in [-0.05, 0) is 31.9 Å². The fourth-order valence-corrected chi connectivity index (χ4v) is 3.13. The van der Waals surface area contributed by atoms with Gasteiger partial charge < -0.3 is 25.8 Å². The van der Waals surface area contributed by atoms with Crippen LogP contribution in [0.25, 0.3) is 0 Å². The Kier molecular flexibility index (Phi) is 10.9. The second kappa shape index (κ2) is 13.9. The van der Waals surface area contributed by atoms with E-state index in [1.807, 2.05) is 6.07 Å². The van der Waals surface area contributed by atoms with E-state index in [9.17, 15) is 28.9 Å². The first kappa shape index (κ1) is 28.3. The van der Waals surface area contributed by atoms with Crippen LogP contribution in [0, 0.1) is 15.9 Å². The van der Waals surface area contributed by atoms with E-state index in [1.54, 1.807) is 24.3 Å². The quantitative estimate of drug-likeness (QED) is 0.182. The van der Waals surface area contributed by atoms with Gasteiger partial charge >= 0.3 is 0 Å². The number of nitro benzene ring substituents is 1. The fourth-order valence-electron chi connectivity index (χ4n) is 3.13. The number of hydrogen-bond acceptors (Lipinski definition) is 7. The van der Waals surface area contributed by atoms with Crippen molar-refractivity contribution in [3.63, 3.8) is 0 Å². The Balaban J connectivity index is 2.20. The summed E-state index contributed by atoms with van der Waals surface area (Å²) in [7, 11) is 0. The SMILES string of the molecule is C[C@H](NC(=O)[C@@H](NC(=O)c1cc([N+](=O)[O-])ccc1F)[C@@H](C)OCc1ccccc1)C(=O)NCCCO. The number of aliphatic hydroxyl groups is 1. The average molecular weight is 505 g/mol. The van der Waals surface area contributed by atoms with E-state index in [0.29, 0.717) is 6.42 Å². The minimum absolute atomic E-state index is 0.101. The third-order valence-electron chi connectivity index (χ3n) is 5.19. The summed E-state index contributed by atoms with van der Waals surface area (Å²) in [5.41, 5.74) is -0.313. The van der Waals surface area contributed by atoms with E-state index < -0.39 is 57.9 Å². The molecule has 0 unspecified atom stereocenters. The molecular weight excluding hydrogens is 475 g/mol. The van der Waals surface area contributed by atoms with Crippen LogP contribution in [0.3, 0.4) is 0 Å². The lowest BCUT2D eigenvalue weighted by molar-refractivity contribution is -0.384. The number of halogens is 1. The van der Waals surface area contributed by atoms with Crippen LogP contribution in [0.5, 0.6) is 0 Å². The van der Waals surface area contributed by atoms with Gasteiger partial charge in [0.15, 0.2) is 0 Å². The van der Waals surface area contributed by atoms with Crippen molar-refractivity contribution in [3.05, 3.63) is 75.6 Å². The molecule has 3 amide bonds. The van der Waals surface area contributed by atoms with E-state index in [4.69, 9.17) is 9.84 Å². The maximum atomic E-state index is 14.3. The lowest BCUT2D eigenvalue weighted by Crippen LogP contribution is -2.57. The molecule has 0 aliphatic heterocycles. The number of nitro groups is 1. The van der Waals surface area contributed by atoms with Crippen LogP contribution < -0.4 is 16.0 Å². The number of benzene rings is 2. The molecule has 0 bridgehead atoms. The molecule has 4 N–H and O–H groups in total. The number of hydrogen-bond donors (Lipinski definition) is 4. The molecule has 0 saturated heterocycles. The molecule has 0 spiro atoms. The summed E-state index contributed by atoms with van der Waals surface area (Å²) in [6.45, 7) is 3.14. The molecule has 0 aliphatic carbocycles. The van der Waals surface area contributed by atoms with Gasteiger partial charge in [-0.3, -0.25) is 24.5 Å². The highest BCUT2D eigenvalue weighted by atomic mass is 19.1. The average Bonchev–Trinajstić information content (AvgIpc) is 2.86. The summed E-state index contributed by atoms with van der Waals surface area (Å²) < 4.78 is 20.0. The summed E-state index contributed by atoms with van der Waals surface area (Å²) in [4.78, 5) is 48.3. The van der Waals surface area contributed by atoms with E-state index in [-0.39, 0.29) is 19.8 Å². The van der Waals surface area contributed by atoms with Crippen molar-refractivity contribution in [2.45, 2.75) is 45.1 Å². The summed E-state index contributed by atoms with van der Waals surface area (Å²) >= 11 is 0. The van der Waals surface area contributed by atoms with Gasteiger partial charge in [-0.1, -0.05) is 30.3 Å². The number of rotatable bonds is 13. The number of non-ortho nitro benzene ring substituents is 1. The summed E-state index contributed by atoms with van der Waals surface area (Å²) in [6.07, 6.45) is -0.593. The highest BCUT2D eigenvalue weighted by molar-refractivity contribution is 5.99. The molecule has 3 atom stereocenters. The Morgan fingerprint density at radius 3 is 2.42 bits per heavy atom. The van der Waals surface area contributed by atoms with Crippen molar-refractivity contribution in [2.75, 3.05) is 13.2 Å². The first-order valence-electron chi connectivity index (χ1n) is 11.2. The van der Waals surface area contributed by atoms with Crippen molar-refractivity contribution >= 4 is 23.4 Å². The largest absolute Gasteiger partial charge is 0.396 e. The standard InChI is InChI=1S/C24H29FN4O7/c1-15(22(31)26-11-6-12-30)27-24(33)21(16(2)36-14-17-7-4-3-5-8-17)28-23(32)19-13-18(29(34)35)9-10-20(19)25/h3-5,7-10,13,15-16,21,30H,6,11-12,14H2,1-2H3,(H,26,31)(H,27,33)(H,28,32)/t15-,16+,21-/m0/s1. The number of carbonyl (C=O) groups is 3. The number of nitrogens with zero attached hydrogens (tertiary/aromatic N) is 1. The summed E-state index contributed by atoms with van der Waals surface area (Å²) in [6, 6.07) is 9.15. The molecule has 0 saturated carbocycles. The molecule has 12 heteroatoms. The minimum atomic E-state index is -1.37. The van der Waals surface area contributed by atoms with Crippen LogP contribution in [0.4, 0.5) is 10.1 Å². The summed E-state index contributed by atoms with van der Waals surface area (Å²) in [5, 5.41) is 27.3. The van der Waals surface area contributed by atoms with E-state index in [2.05, 4.69) is 16.0 Å². The van der Waals surface area contributed by atoms with E-state index >= 15 is 0 Å². The monoisotopic (exact) mass is 504 g/mol. The van der Waals surface area contributed by atoms with Gasteiger partial charge in [-0.15, -0.1) is 0 Å². The smallest absolute Gasteiger partial charge is 0.270 e. The molecule has 2 aromatic carbocycles. The molecule has 0 fully saturated rings. The molecule has 0 aromatic heterocycles. The number of nitrogens with one attached hydrogen (secondary N) is 3. The Hall–Kier alpha value is -3.90. The molecule has 0 radical (unpaired) electrons. The van der Waals surface area contributed by atoms with E-state index in [1.165, 1.54) is 13.8 Å². The number of amides is 3. The van der Waals surface area contributed by atoms with Gasteiger partial charge in [0.25, 0.3) is 11.6 Å². The zero-order chi connectivity index (χ0) is 26.7. The van der Waals surface area contributed by atoms with Gasteiger partial charge in [-0.25, -0.2) is 4.39 Å². The lowest BCUT2D eigenvalue weighted by atomic mass is 10.1. The Morgan fingerprint density at radius 2 is 1.78 bits per heavy atom. The molecule has 36 heavy (non-hydrogen) atoms. The highest BCUT2D eigenvalue weighted by Gasteiger charge is 2.31. The normalized spacial score (nSPS) is 13.2. The zero-order valence-electron chi connectivity index (χ0n) is 19.9. The van der Waals surface area contributed by atoms with Gasteiger partial charge in [0.05, 0.1) is 23.2 Å². The van der Waals surface area contributed by atoms with Crippen LogP contribution in [-0.4, -0.2) is 59.1 Å². The maximum absolute atomic E-state index is 14.3. The predicted molar refractivity (Wildman–Crippen MR) is 127 cm³/mol. The zero-order valence-corrected chi connectivity index (χ0v) is 19.9. The van der Waals surface area contributed by atoms with Crippen molar-refractivity contribution in [3.8, 4) is 0 Å². The van der Waals surface area contributed by atoms with Gasteiger partial charge in [0, 0.05) is 25.3 Å². The van der Waals surface area contributed by atoms with Crippen molar-refractivity contribution < 1.29 is 33.5 Å². The third-order valence-corrected chi connectivity index (χ3v) is 5.19. The minimum Gasteiger partial charge on any atom is -0.396 e. The van der Waals surface area contributed by atoms with Crippen LogP contribution in [0.2, 0.25) is 0 Å². The van der Waals surface area contributed by atoms with Crippen LogP contribution in [0.1, 0.15) is 36.2 Å². The molecule has 2 rings (SSSR count). The lowest BCUT2D eigenvalue weighted by Gasteiger charge is -2.26. The van der Waals surface area contributed by atoms with Gasteiger partial charge in [0.1, 0.15) is 17.9 Å². The van der Waals surface area contributed by atoms with E-state index in [0.717, 1.165) is 23.8 Å². The molecule has 0 heterocycles. The maximum Gasteiger partial charge on any atom is 0.270 e. The molecule has 0 aliphatic rings. The predicted octanol–water partition coefficient (Wildman–Crippen LogP) is 1.44. The van der Waals surface area contributed by atoms with Gasteiger partial charge in [0.2, 0.25) is 11.8 Å². The second-order valence-electron chi connectivity index (χ2n) is 7.97. The van der Waals surface area contributed by atoms with Crippen LogP contribution in [0.15, 0.2) is 48.5 Å². The van der Waals surface area contributed by atoms with Crippen LogP contribution >= 0.6 is 0 Å². The third kappa shape index (κ3) is 8.40. The molecular formula is C24H29FN4O7. The van der Waals surface area contributed by atoms with Gasteiger partial charge in [-0.2, -0.15) is 0 Å². The first-order chi connectivity index (χ1) is 17.1. The molecule has 194 valence electrons. The Labute approximate surface area is 207 Å². The number of aliphatic hydroxyl groups excluding tert-OH is 1. The fraction of sp³-hybridized carbons (Fsp3) is 0.375. The highest BCUT2D eigenvalue weighted by Crippen LogP contribution is 2.17. The van der Waals surface area contributed by atoms with Crippen molar-refractivity contribution in [1.29, 1.82) is 0 Å². The first-order valence-corrected chi connectivity index (χ1v) is 11.2. The Bertz CT molecular complexity index is 1070. The number of ether oxygens (including phenoxy) is 1. The van der Waals surface area contributed by atoms with Crippen LogP contribution in [-0.2, 0) is 20.9 Å². The Morgan fingerprint density at radius 1 is 1.08 bits per heavy atom. The van der Waals surface area contributed by atoms with Crippen molar-refractivity contribution in [2.24, 2.45) is 0 Å². The number of carbonyl (C=O) groups excluding carboxylic acids is 3. The summed E-state index contributed by atoms with van der Waals surface area (Å²) in [5.74, 6) is -3.36.